The molecule has 0 amide bonds. The molecule has 0 radical (unpaired) electrons. The Morgan fingerprint density at radius 1 is 1.08 bits per heavy atom. The highest BCUT2D eigenvalue weighted by Crippen LogP contribution is 2.27. The van der Waals surface area contributed by atoms with E-state index in [9.17, 15) is 13.2 Å². The number of sulfonamides is 1. The SMILES string of the molecule is COc1ccc(CNS(=O)(=O)c2cccc(C(=O)O)c2)cc1OC. The van der Waals surface area contributed by atoms with Crippen LogP contribution in [0.2, 0.25) is 0 Å². The zero-order valence-corrected chi connectivity index (χ0v) is 14.0. The molecule has 24 heavy (non-hydrogen) atoms. The van der Waals surface area contributed by atoms with Gasteiger partial charge in [-0.3, -0.25) is 0 Å². The molecule has 0 spiro atoms. The number of aromatic carboxylic acids is 1. The fourth-order valence-corrected chi connectivity index (χ4v) is 3.11. The van der Waals surface area contributed by atoms with Crippen LogP contribution < -0.4 is 14.2 Å². The fraction of sp³-hybridized carbons (Fsp3) is 0.188. The third-order valence-corrected chi connectivity index (χ3v) is 4.70. The lowest BCUT2D eigenvalue weighted by Crippen LogP contribution is -2.23. The van der Waals surface area contributed by atoms with Crippen molar-refractivity contribution in [1.29, 1.82) is 0 Å². The Hall–Kier alpha value is -2.58. The lowest BCUT2D eigenvalue weighted by Gasteiger charge is -2.11. The third-order valence-electron chi connectivity index (χ3n) is 3.31. The molecule has 0 aromatic heterocycles. The minimum absolute atomic E-state index is 0.0278. The molecule has 0 aliphatic rings. The standard InChI is InChI=1S/C16H17NO6S/c1-22-14-7-6-11(8-15(14)23-2)10-17-24(20,21)13-5-3-4-12(9-13)16(18)19/h3-9,17H,10H2,1-2H3,(H,18,19). The predicted molar refractivity (Wildman–Crippen MR) is 87.0 cm³/mol. The molecule has 0 saturated carbocycles. The predicted octanol–water partition coefficient (Wildman–Crippen LogP) is 1.88. The van der Waals surface area contributed by atoms with Crippen LogP contribution in [0.4, 0.5) is 0 Å². The summed E-state index contributed by atoms with van der Waals surface area (Å²) < 4.78 is 37.3. The van der Waals surface area contributed by atoms with Crippen molar-refractivity contribution in [3.63, 3.8) is 0 Å². The Morgan fingerprint density at radius 2 is 1.79 bits per heavy atom. The normalized spacial score (nSPS) is 11.1. The molecule has 0 saturated heterocycles. The number of nitrogens with one attached hydrogen (secondary N) is 1. The summed E-state index contributed by atoms with van der Waals surface area (Å²) in [5, 5.41) is 8.95. The van der Waals surface area contributed by atoms with Gasteiger partial charge >= 0.3 is 5.97 Å². The molecule has 128 valence electrons. The van der Waals surface area contributed by atoms with Gasteiger partial charge in [0.15, 0.2) is 11.5 Å². The summed E-state index contributed by atoms with van der Waals surface area (Å²) >= 11 is 0. The van der Waals surface area contributed by atoms with Gasteiger partial charge in [-0.2, -0.15) is 0 Å². The number of methoxy groups -OCH3 is 2. The fourth-order valence-electron chi connectivity index (χ4n) is 2.05. The summed E-state index contributed by atoms with van der Waals surface area (Å²) in [7, 11) is -0.836. The molecule has 7 nitrogen and oxygen atoms in total. The minimum Gasteiger partial charge on any atom is -0.493 e. The quantitative estimate of drug-likeness (QED) is 0.790. The number of benzene rings is 2. The minimum atomic E-state index is -3.84. The van der Waals surface area contributed by atoms with Crippen LogP contribution in [-0.4, -0.2) is 33.7 Å². The van der Waals surface area contributed by atoms with Crippen molar-refractivity contribution in [2.75, 3.05) is 14.2 Å². The summed E-state index contributed by atoms with van der Waals surface area (Å²) in [6.07, 6.45) is 0. The van der Waals surface area contributed by atoms with Crippen LogP contribution in [0.15, 0.2) is 47.4 Å². The van der Waals surface area contributed by atoms with Gasteiger partial charge in [0.25, 0.3) is 0 Å². The van der Waals surface area contributed by atoms with E-state index in [2.05, 4.69) is 4.72 Å². The zero-order valence-electron chi connectivity index (χ0n) is 13.1. The van der Waals surface area contributed by atoms with Gasteiger partial charge in [-0.1, -0.05) is 12.1 Å². The van der Waals surface area contributed by atoms with Gasteiger partial charge in [0, 0.05) is 6.54 Å². The molecular weight excluding hydrogens is 334 g/mol. The van der Waals surface area contributed by atoms with Crippen molar-refractivity contribution < 1.29 is 27.8 Å². The maximum Gasteiger partial charge on any atom is 0.335 e. The van der Waals surface area contributed by atoms with Crippen molar-refractivity contribution in [3.05, 3.63) is 53.6 Å². The first-order valence-corrected chi connectivity index (χ1v) is 8.39. The number of rotatable bonds is 7. The average Bonchev–Trinajstić information content (AvgIpc) is 2.59. The topological polar surface area (TPSA) is 102 Å². The molecular formula is C16H17NO6S. The second kappa shape index (κ2) is 7.33. The van der Waals surface area contributed by atoms with Gasteiger partial charge in [0.1, 0.15) is 0 Å². The Kier molecular flexibility index (Phi) is 5.42. The number of hydrogen-bond donors (Lipinski definition) is 2. The third kappa shape index (κ3) is 4.03. The van der Waals surface area contributed by atoms with Crippen molar-refractivity contribution in [2.45, 2.75) is 11.4 Å². The van der Waals surface area contributed by atoms with Crippen molar-refractivity contribution in [3.8, 4) is 11.5 Å². The summed E-state index contributed by atoms with van der Waals surface area (Å²) in [6, 6.07) is 10.2. The van der Waals surface area contributed by atoms with Gasteiger partial charge in [0.2, 0.25) is 10.0 Å². The number of hydrogen-bond acceptors (Lipinski definition) is 5. The molecule has 2 rings (SSSR count). The van der Waals surface area contributed by atoms with E-state index in [-0.39, 0.29) is 17.0 Å². The van der Waals surface area contributed by atoms with Crippen LogP contribution in [0.5, 0.6) is 11.5 Å². The first kappa shape index (κ1) is 17.8. The van der Waals surface area contributed by atoms with E-state index in [1.165, 1.54) is 32.4 Å². The second-order valence-electron chi connectivity index (χ2n) is 4.85. The van der Waals surface area contributed by atoms with E-state index in [4.69, 9.17) is 14.6 Å². The largest absolute Gasteiger partial charge is 0.493 e. The molecule has 0 unspecified atom stereocenters. The van der Waals surface area contributed by atoms with E-state index in [0.29, 0.717) is 17.1 Å². The number of carbonyl (C=O) groups is 1. The van der Waals surface area contributed by atoms with E-state index < -0.39 is 16.0 Å². The molecule has 2 aromatic carbocycles. The lowest BCUT2D eigenvalue weighted by molar-refractivity contribution is 0.0696. The molecule has 0 fully saturated rings. The first-order valence-electron chi connectivity index (χ1n) is 6.91. The molecule has 8 heteroatoms. The van der Waals surface area contributed by atoms with Crippen molar-refractivity contribution in [1.82, 2.24) is 4.72 Å². The highest BCUT2D eigenvalue weighted by Gasteiger charge is 2.16. The van der Waals surface area contributed by atoms with Crippen LogP contribution >= 0.6 is 0 Å². The van der Waals surface area contributed by atoms with Gasteiger partial charge in [-0.25, -0.2) is 17.9 Å². The highest BCUT2D eigenvalue weighted by atomic mass is 32.2. The van der Waals surface area contributed by atoms with Crippen LogP contribution in [0, 0.1) is 0 Å². The van der Waals surface area contributed by atoms with E-state index in [0.717, 1.165) is 6.07 Å². The second-order valence-corrected chi connectivity index (χ2v) is 6.61. The molecule has 2 aromatic rings. The maximum atomic E-state index is 12.3. The Labute approximate surface area is 139 Å². The van der Waals surface area contributed by atoms with E-state index in [1.54, 1.807) is 18.2 Å². The monoisotopic (exact) mass is 351 g/mol. The summed E-state index contributed by atoms with van der Waals surface area (Å²) in [4.78, 5) is 10.8. The maximum absolute atomic E-state index is 12.3. The molecule has 0 aliphatic heterocycles. The van der Waals surface area contributed by atoms with E-state index >= 15 is 0 Å². The van der Waals surface area contributed by atoms with Gasteiger partial charge < -0.3 is 14.6 Å². The number of carboxylic acid groups (broad SMARTS) is 1. The Morgan fingerprint density at radius 3 is 2.42 bits per heavy atom. The first-order chi connectivity index (χ1) is 11.4. The Balaban J connectivity index is 2.18. The van der Waals surface area contributed by atoms with Gasteiger partial charge in [-0.05, 0) is 35.9 Å². The van der Waals surface area contributed by atoms with E-state index in [1.807, 2.05) is 0 Å². The molecule has 0 atom stereocenters. The lowest BCUT2D eigenvalue weighted by atomic mass is 10.2. The molecule has 2 N–H and O–H groups in total. The summed E-state index contributed by atoms with van der Waals surface area (Å²) in [5.74, 6) is -0.160. The number of ether oxygens (including phenoxy) is 2. The summed E-state index contributed by atoms with van der Waals surface area (Å²) in [5.41, 5.74) is 0.578. The Bertz CT molecular complexity index is 847. The smallest absolute Gasteiger partial charge is 0.335 e. The molecule has 0 heterocycles. The van der Waals surface area contributed by atoms with Crippen molar-refractivity contribution in [2.24, 2.45) is 0 Å². The number of carboxylic acids is 1. The molecule has 0 bridgehead atoms. The van der Waals surface area contributed by atoms with Crippen LogP contribution in [0.3, 0.4) is 0 Å². The zero-order chi connectivity index (χ0) is 17.7. The average molecular weight is 351 g/mol. The van der Waals surface area contributed by atoms with Gasteiger partial charge in [-0.15, -0.1) is 0 Å². The highest BCUT2D eigenvalue weighted by molar-refractivity contribution is 7.89. The van der Waals surface area contributed by atoms with Crippen LogP contribution in [0.1, 0.15) is 15.9 Å². The summed E-state index contributed by atoms with van der Waals surface area (Å²) in [6.45, 7) is 0.0278. The van der Waals surface area contributed by atoms with Crippen LogP contribution in [-0.2, 0) is 16.6 Å². The van der Waals surface area contributed by atoms with Crippen LogP contribution in [0.25, 0.3) is 0 Å². The molecule has 0 aliphatic carbocycles. The van der Waals surface area contributed by atoms with Crippen molar-refractivity contribution >= 4 is 16.0 Å². The van der Waals surface area contributed by atoms with Gasteiger partial charge in [0.05, 0.1) is 24.7 Å².